The summed E-state index contributed by atoms with van der Waals surface area (Å²) >= 11 is 0. The van der Waals surface area contributed by atoms with Crippen LogP contribution in [0.4, 0.5) is 17.2 Å². The summed E-state index contributed by atoms with van der Waals surface area (Å²) in [5.74, 6) is 1.91. The van der Waals surface area contributed by atoms with Gasteiger partial charge in [-0.1, -0.05) is 0 Å². The lowest BCUT2D eigenvalue weighted by Gasteiger charge is -2.15. The molecular weight excluding hydrogens is 366 g/mol. The van der Waals surface area contributed by atoms with E-state index in [0.717, 1.165) is 0 Å². The summed E-state index contributed by atoms with van der Waals surface area (Å²) in [6.45, 7) is -0.419. The third-order valence-corrected chi connectivity index (χ3v) is 4.22. The minimum absolute atomic E-state index is 0.146. The van der Waals surface area contributed by atoms with E-state index in [0.29, 0.717) is 39.7 Å². The van der Waals surface area contributed by atoms with Gasteiger partial charge in [0.25, 0.3) is 5.69 Å². The lowest BCUT2D eigenvalue weighted by molar-refractivity contribution is -0.384. The summed E-state index contributed by atoms with van der Waals surface area (Å²) < 4.78 is 16.0. The molecule has 0 radical (unpaired) electrons. The third kappa shape index (κ3) is 3.47. The van der Waals surface area contributed by atoms with E-state index in [2.05, 4.69) is 10.3 Å². The van der Waals surface area contributed by atoms with Crippen LogP contribution in [0.15, 0.2) is 36.4 Å². The van der Waals surface area contributed by atoms with Crippen molar-refractivity contribution < 1.29 is 24.2 Å². The molecule has 0 aliphatic heterocycles. The molecule has 9 nitrogen and oxygen atoms in total. The van der Waals surface area contributed by atoms with Crippen molar-refractivity contribution >= 4 is 28.1 Å². The van der Waals surface area contributed by atoms with E-state index in [1.54, 1.807) is 30.3 Å². The predicted molar refractivity (Wildman–Crippen MR) is 104 cm³/mol. The standard InChI is InChI=1S/C19H19N3O6/c1-26-15-8-12(9-16(27-2)19(15)28-3)20-17-7-5-13-14(21-17)6-4-11(10-23)18(13)22(24)25/h4-9,23H,10H2,1-3H3,(H,20,21). The van der Waals surface area contributed by atoms with Crippen LogP contribution in [0.2, 0.25) is 0 Å². The van der Waals surface area contributed by atoms with Crippen LogP contribution in [-0.2, 0) is 6.61 Å². The number of nitrogens with zero attached hydrogens (tertiary/aromatic N) is 2. The monoisotopic (exact) mass is 385 g/mol. The molecule has 3 aromatic rings. The molecule has 0 fully saturated rings. The van der Waals surface area contributed by atoms with Crippen LogP contribution in [0, 0.1) is 10.1 Å². The summed E-state index contributed by atoms with van der Waals surface area (Å²) in [6.07, 6.45) is 0. The molecule has 0 spiro atoms. The van der Waals surface area contributed by atoms with Crippen LogP contribution in [-0.4, -0.2) is 36.3 Å². The van der Waals surface area contributed by atoms with Crippen molar-refractivity contribution in [1.82, 2.24) is 4.98 Å². The molecule has 0 saturated carbocycles. The van der Waals surface area contributed by atoms with E-state index in [-0.39, 0.29) is 11.3 Å². The Kier molecular flexibility index (Phi) is 5.46. The Morgan fingerprint density at radius 1 is 1.07 bits per heavy atom. The lowest BCUT2D eigenvalue weighted by atomic mass is 10.1. The average Bonchev–Trinajstić information content (AvgIpc) is 2.71. The Labute approximate surface area is 160 Å². The minimum Gasteiger partial charge on any atom is -0.493 e. The first-order valence-corrected chi connectivity index (χ1v) is 8.27. The number of ether oxygens (including phenoxy) is 3. The fourth-order valence-corrected chi connectivity index (χ4v) is 2.95. The first-order valence-electron chi connectivity index (χ1n) is 8.27. The number of hydrogen-bond donors (Lipinski definition) is 2. The number of anilines is 2. The molecule has 2 N–H and O–H groups in total. The predicted octanol–water partition coefficient (Wildman–Crippen LogP) is 3.40. The molecule has 0 aliphatic carbocycles. The fourth-order valence-electron chi connectivity index (χ4n) is 2.95. The van der Waals surface area contributed by atoms with Crippen molar-refractivity contribution in [3.05, 3.63) is 52.1 Å². The van der Waals surface area contributed by atoms with E-state index in [9.17, 15) is 15.2 Å². The van der Waals surface area contributed by atoms with E-state index in [4.69, 9.17) is 14.2 Å². The van der Waals surface area contributed by atoms with Gasteiger partial charge in [0.05, 0.1) is 49.3 Å². The Bertz CT molecular complexity index is 1010. The summed E-state index contributed by atoms with van der Waals surface area (Å²) in [7, 11) is 4.56. The number of aliphatic hydroxyl groups is 1. The van der Waals surface area contributed by atoms with E-state index in [1.807, 2.05) is 0 Å². The molecule has 28 heavy (non-hydrogen) atoms. The first-order chi connectivity index (χ1) is 13.5. The van der Waals surface area contributed by atoms with Crippen LogP contribution >= 0.6 is 0 Å². The Hall–Kier alpha value is -3.59. The van der Waals surface area contributed by atoms with Crippen molar-refractivity contribution in [2.45, 2.75) is 6.61 Å². The second kappa shape index (κ2) is 7.97. The summed E-state index contributed by atoms with van der Waals surface area (Å²) in [4.78, 5) is 15.3. The fraction of sp³-hybridized carbons (Fsp3) is 0.211. The van der Waals surface area contributed by atoms with Gasteiger partial charge in [0.1, 0.15) is 5.82 Å². The second-order valence-electron chi connectivity index (χ2n) is 5.79. The molecule has 2 aromatic carbocycles. The van der Waals surface area contributed by atoms with Gasteiger partial charge >= 0.3 is 0 Å². The molecule has 0 bridgehead atoms. The molecule has 0 amide bonds. The maximum Gasteiger partial charge on any atom is 0.284 e. The van der Waals surface area contributed by atoms with Crippen LogP contribution in [0.5, 0.6) is 17.2 Å². The van der Waals surface area contributed by atoms with E-state index < -0.39 is 11.5 Å². The zero-order valence-corrected chi connectivity index (χ0v) is 15.6. The highest BCUT2D eigenvalue weighted by Gasteiger charge is 2.19. The van der Waals surface area contributed by atoms with Crippen molar-refractivity contribution in [2.75, 3.05) is 26.6 Å². The normalized spacial score (nSPS) is 10.6. The minimum atomic E-state index is -0.512. The number of aromatic nitrogens is 1. The summed E-state index contributed by atoms with van der Waals surface area (Å²) in [5, 5.41) is 24.2. The Balaban J connectivity index is 2.03. The van der Waals surface area contributed by atoms with Crippen molar-refractivity contribution in [1.29, 1.82) is 0 Å². The Morgan fingerprint density at radius 2 is 1.75 bits per heavy atom. The van der Waals surface area contributed by atoms with Crippen molar-refractivity contribution in [2.24, 2.45) is 0 Å². The molecule has 0 aliphatic rings. The van der Waals surface area contributed by atoms with Gasteiger partial charge in [-0.2, -0.15) is 0 Å². The quantitative estimate of drug-likeness (QED) is 0.469. The number of nitro groups is 1. The summed E-state index contributed by atoms with van der Waals surface area (Å²) in [6, 6.07) is 9.81. The third-order valence-electron chi connectivity index (χ3n) is 4.22. The Morgan fingerprint density at radius 3 is 2.29 bits per heavy atom. The molecular formula is C19H19N3O6. The van der Waals surface area contributed by atoms with Gasteiger partial charge in [0.2, 0.25) is 5.75 Å². The number of fused-ring (bicyclic) bond motifs is 1. The lowest BCUT2D eigenvalue weighted by Crippen LogP contribution is -2.00. The van der Waals surface area contributed by atoms with Gasteiger partial charge in [-0.25, -0.2) is 4.98 Å². The van der Waals surface area contributed by atoms with Crippen LogP contribution in [0.3, 0.4) is 0 Å². The van der Waals surface area contributed by atoms with Crippen molar-refractivity contribution in [3.8, 4) is 17.2 Å². The van der Waals surface area contributed by atoms with Gasteiger partial charge in [0, 0.05) is 17.8 Å². The smallest absolute Gasteiger partial charge is 0.284 e. The number of nitrogens with one attached hydrogen (secondary N) is 1. The molecule has 9 heteroatoms. The highest BCUT2D eigenvalue weighted by atomic mass is 16.6. The van der Waals surface area contributed by atoms with Crippen LogP contribution in [0.25, 0.3) is 10.9 Å². The number of rotatable bonds is 7. The molecule has 0 saturated heterocycles. The number of pyridine rings is 1. The van der Waals surface area contributed by atoms with E-state index in [1.165, 1.54) is 27.4 Å². The highest BCUT2D eigenvalue weighted by Crippen LogP contribution is 2.40. The van der Waals surface area contributed by atoms with Crippen molar-refractivity contribution in [3.63, 3.8) is 0 Å². The number of benzene rings is 2. The van der Waals surface area contributed by atoms with Gasteiger partial charge in [-0.05, 0) is 24.3 Å². The highest BCUT2D eigenvalue weighted by molar-refractivity contribution is 5.91. The largest absolute Gasteiger partial charge is 0.493 e. The van der Waals surface area contributed by atoms with Gasteiger partial charge in [-0.3, -0.25) is 10.1 Å². The molecule has 1 aromatic heterocycles. The summed E-state index contributed by atoms with van der Waals surface area (Å²) in [5.41, 5.74) is 1.17. The number of nitro benzene ring substituents is 1. The number of aliphatic hydroxyl groups excluding tert-OH is 1. The molecule has 3 rings (SSSR count). The SMILES string of the molecule is COc1cc(Nc2ccc3c([N+](=O)[O-])c(CO)ccc3n2)cc(OC)c1OC. The zero-order chi connectivity index (χ0) is 20.3. The first kappa shape index (κ1) is 19.2. The zero-order valence-electron chi connectivity index (χ0n) is 15.6. The molecule has 1 heterocycles. The number of methoxy groups -OCH3 is 3. The molecule has 0 atom stereocenters. The van der Waals surface area contributed by atoms with Crippen LogP contribution in [0.1, 0.15) is 5.56 Å². The number of hydrogen-bond acceptors (Lipinski definition) is 8. The van der Waals surface area contributed by atoms with Gasteiger partial charge in [-0.15, -0.1) is 0 Å². The second-order valence-corrected chi connectivity index (χ2v) is 5.79. The van der Waals surface area contributed by atoms with Crippen LogP contribution < -0.4 is 19.5 Å². The topological polar surface area (TPSA) is 116 Å². The van der Waals surface area contributed by atoms with Gasteiger partial charge in [0.15, 0.2) is 11.5 Å². The maximum atomic E-state index is 11.4. The van der Waals surface area contributed by atoms with E-state index >= 15 is 0 Å². The molecule has 146 valence electrons. The average molecular weight is 385 g/mol. The van der Waals surface area contributed by atoms with Gasteiger partial charge < -0.3 is 24.6 Å². The maximum absolute atomic E-state index is 11.4. The molecule has 0 unspecified atom stereocenters.